The van der Waals surface area contributed by atoms with E-state index in [0.29, 0.717) is 25.6 Å². The van der Waals surface area contributed by atoms with Gasteiger partial charge in [0, 0.05) is 11.3 Å². The Morgan fingerprint density at radius 1 is 1.28 bits per heavy atom. The summed E-state index contributed by atoms with van der Waals surface area (Å²) in [6, 6.07) is 9.96. The van der Waals surface area contributed by atoms with E-state index < -0.39 is 0 Å². The lowest BCUT2D eigenvalue weighted by Crippen LogP contribution is -2.19. The van der Waals surface area contributed by atoms with E-state index in [-0.39, 0.29) is 17.4 Å². The van der Waals surface area contributed by atoms with Crippen LogP contribution in [0, 0.1) is 22.0 Å². The summed E-state index contributed by atoms with van der Waals surface area (Å²) >= 11 is 0. The van der Waals surface area contributed by atoms with Gasteiger partial charge in [0.2, 0.25) is 6.54 Å². The second kappa shape index (κ2) is 7.82. The van der Waals surface area contributed by atoms with Crippen molar-refractivity contribution in [3.05, 3.63) is 46.0 Å². The Morgan fingerprint density at radius 2 is 1.94 bits per heavy atom. The summed E-state index contributed by atoms with van der Waals surface area (Å²) in [6.45, 7) is 5.34. The summed E-state index contributed by atoms with van der Waals surface area (Å²) < 4.78 is 5.65. The summed E-state index contributed by atoms with van der Waals surface area (Å²) in [4.78, 5) is 10.1. The zero-order chi connectivity index (χ0) is 13.4. The number of nitrogens with zero attached hydrogens (tertiary/aromatic N) is 1. The molecule has 1 atom stereocenters. The minimum atomic E-state index is -0.257. The topological polar surface area (TPSA) is 52.4 Å². The summed E-state index contributed by atoms with van der Waals surface area (Å²) in [5.41, 5.74) is 1.13. The van der Waals surface area contributed by atoms with Crippen LogP contribution in [0.2, 0.25) is 0 Å². The van der Waals surface area contributed by atoms with Gasteiger partial charge < -0.3 is 4.74 Å². The van der Waals surface area contributed by atoms with Gasteiger partial charge in [0.1, 0.15) is 0 Å². The number of ether oxygens (including phenoxy) is 1. The Morgan fingerprint density at radius 3 is 2.50 bits per heavy atom. The highest BCUT2D eigenvalue weighted by molar-refractivity contribution is 5.13. The molecular formula is C14H21NO3. The minimum absolute atomic E-state index is 0.0253. The monoisotopic (exact) mass is 251 g/mol. The van der Waals surface area contributed by atoms with Crippen molar-refractivity contribution >= 4 is 0 Å². The van der Waals surface area contributed by atoms with E-state index >= 15 is 0 Å². The van der Waals surface area contributed by atoms with Gasteiger partial charge in [0.05, 0.1) is 13.2 Å². The fraction of sp³-hybridized carbons (Fsp3) is 0.571. The summed E-state index contributed by atoms with van der Waals surface area (Å²) in [7, 11) is 0. The molecule has 1 rings (SSSR count). The smallest absolute Gasteiger partial charge is 0.204 e. The van der Waals surface area contributed by atoms with Crippen LogP contribution in [0.15, 0.2) is 30.3 Å². The first-order valence-corrected chi connectivity index (χ1v) is 6.33. The minimum Gasteiger partial charge on any atom is -0.376 e. The molecule has 1 aromatic rings. The van der Waals surface area contributed by atoms with Gasteiger partial charge in [-0.1, -0.05) is 44.2 Å². The molecule has 18 heavy (non-hydrogen) atoms. The molecule has 100 valence electrons. The predicted octanol–water partition coefficient (Wildman–Crippen LogP) is 3.14. The molecule has 0 saturated carbocycles. The van der Waals surface area contributed by atoms with E-state index in [1.807, 2.05) is 30.3 Å². The van der Waals surface area contributed by atoms with Crippen LogP contribution in [0.25, 0.3) is 0 Å². The first kappa shape index (κ1) is 14.6. The summed E-state index contributed by atoms with van der Waals surface area (Å²) in [5.74, 6) is 0.653. The molecule has 0 bridgehead atoms. The van der Waals surface area contributed by atoms with Crippen molar-refractivity contribution in [3.63, 3.8) is 0 Å². The lowest BCUT2D eigenvalue weighted by Gasteiger charge is -2.19. The average molecular weight is 251 g/mol. The Balaban J connectivity index is 2.31. The highest BCUT2D eigenvalue weighted by Gasteiger charge is 2.16. The Labute approximate surface area is 108 Å². The van der Waals surface area contributed by atoms with Crippen molar-refractivity contribution in [3.8, 4) is 0 Å². The van der Waals surface area contributed by atoms with Crippen LogP contribution in [-0.2, 0) is 11.3 Å². The summed E-state index contributed by atoms with van der Waals surface area (Å²) in [5, 5.41) is 10.4. The standard InChI is InChI=1S/C14H21NO3/c1-12(2)14(8-9-15(16)17)11-18-10-13-6-4-3-5-7-13/h3-7,12,14H,8-11H2,1-2H3. The average Bonchev–Trinajstić information content (AvgIpc) is 2.34. The van der Waals surface area contributed by atoms with Crippen LogP contribution >= 0.6 is 0 Å². The third kappa shape index (κ3) is 5.77. The predicted molar refractivity (Wildman–Crippen MR) is 70.9 cm³/mol. The van der Waals surface area contributed by atoms with Gasteiger partial charge in [-0.3, -0.25) is 10.1 Å². The van der Waals surface area contributed by atoms with Gasteiger partial charge in [-0.05, 0) is 17.4 Å². The second-order valence-electron chi connectivity index (χ2n) is 4.85. The van der Waals surface area contributed by atoms with E-state index in [1.54, 1.807) is 0 Å². The van der Waals surface area contributed by atoms with Crippen molar-refractivity contribution in [1.82, 2.24) is 0 Å². The van der Waals surface area contributed by atoms with Crippen LogP contribution in [0.1, 0.15) is 25.8 Å². The molecule has 0 spiro atoms. The van der Waals surface area contributed by atoms with Crippen molar-refractivity contribution in [2.75, 3.05) is 13.2 Å². The molecule has 0 aliphatic carbocycles. The largest absolute Gasteiger partial charge is 0.376 e. The van der Waals surface area contributed by atoms with Crippen LogP contribution in [-0.4, -0.2) is 18.1 Å². The third-order valence-corrected chi connectivity index (χ3v) is 3.07. The molecule has 0 N–H and O–H groups in total. The lowest BCUT2D eigenvalue weighted by molar-refractivity contribution is -0.482. The van der Waals surface area contributed by atoms with Gasteiger partial charge in [-0.15, -0.1) is 0 Å². The van der Waals surface area contributed by atoms with Crippen LogP contribution in [0.4, 0.5) is 0 Å². The van der Waals surface area contributed by atoms with E-state index in [1.165, 1.54) is 0 Å². The fourth-order valence-corrected chi connectivity index (χ4v) is 1.78. The summed E-state index contributed by atoms with van der Waals surface area (Å²) in [6.07, 6.45) is 0.583. The third-order valence-electron chi connectivity index (χ3n) is 3.07. The van der Waals surface area contributed by atoms with Crippen molar-refractivity contribution in [1.29, 1.82) is 0 Å². The zero-order valence-electron chi connectivity index (χ0n) is 11.0. The molecule has 4 nitrogen and oxygen atoms in total. The number of nitro groups is 1. The molecule has 4 heteroatoms. The second-order valence-corrected chi connectivity index (χ2v) is 4.85. The SMILES string of the molecule is CC(C)C(CC[N+](=O)[O-])COCc1ccccc1. The van der Waals surface area contributed by atoms with E-state index in [2.05, 4.69) is 13.8 Å². The van der Waals surface area contributed by atoms with Crippen molar-refractivity contribution < 1.29 is 9.66 Å². The molecule has 0 fully saturated rings. The first-order valence-electron chi connectivity index (χ1n) is 6.33. The normalized spacial score (nSPS) is 12.6. The maximum absolute atomic E-state index is 10.4. The molecular weight excluding hydrogens is 230 g/mol. The van der Waals surface area contributed by atoms with Crippen LogP contribution in [0.3, 0.4) is 0 Å². The van der Waals surface area contributed by atoms with Crippen molar-refractivity contribution in [2.24, 2.45) is 11.8 Å². The maximum atomic E-state index is 10.4. The molecule has 0 radical (unpaired) electrons. The maximum Gasteiger partial charge on any atom is 0.204 e. The molecule has 0 amide bonds. The molecule has 0 heterocycles. The van der Waals surface area contributed by atoms with Gasteiger partial charge >= 0.3 is 0 Å². The van der Waals surface area contributed by atoms with Gasteiger partial charge in [0.25, 0.3) is 0 Å². The van der Waals surface area contributed by atoms with E-state index in [4.69, 9.17) is 4.74 Å². The molecule has 1 aromatic carbocycles. The zero-order valence-corrected chi connectivity index (χ0v) is 11.0. The highest BCUT2D eigenvalue weighted by atomic mass is 16.6. The van der Waals surface area contributed by atoms with Crippen LogP contribution in [0.5, 0.6) is 0 Å². The fourth-order valence-electron chi connectivity index (χ4n) is 1.78. The van der Waals surface area contributed by atoms with E-state index in [9.17, 15) is 10.1 Å². The number of benzene rings is 1. The molecule has 0 aliphatic rings. The highest BCUT2D eigenvalue weighted by Crippen LogP contribution is 2.16. The van der Waals surface area contributed by atoms with Crippen LogP contribution < -0.4 is 0 Å². The lowest BCUT2D eigenvalue weighted by atomic mass is 9.93. The molecule has 0 aromatic heterocycles. The van der Waals surface area contributed by atoms with Crippen molar-refractivity contribution in [2.45, 2.75) is 26.9 Å². The molecule has 0 aliphatic heterocycles. The quantitative estimate of drug-likeness (QED) is 0.527. The van der Waals surface area contributed by atoms with Gasteiger partial charge in [-0.2, -0.15) is 0 Å². The Kier molecular flexibility index (Phi) is 6.36. The van der Waals surface area contributed by atoms with E-state index in [0.717, 1.165) is 5.56 Å². The Hall–Kier alpha value is -1.42. The Bertz CT molecular complexity index is 351. The number of hydrogen-bond donors (Lipinski definition) is 0. The number of hydrogen-bond acceptors (Lipinski definition) is 3. The number of rotatable bonds is 8. The molecule has 1 unspecified atom stereocenters. The van der Waals surface area contributed by atoms with Gasteiger partial charge in [-0.25, -0.2) is 0 Å². The molecule has 0 saturated heterocycles. The van der Waals surface area contributed by atoms with Gasteiger partial charge in [0.15, 0.2) is 0 Å². The first-order chi connectivity index (χ1) is 8.59.